The molecule has 4 nitrogen and oxygen atoms in total. The first-order valence-corrected chi connectivity index (χ1v) is 9.09. The maximum absolute atomic E-state index is 14.9. The third kappa shape index (κ3) is 2.36. The van der Waals surface area contributed by atoms with Crippen LogP contribution >= 0.6 is 11.8 Å². The summed E-state index contributed by atoms with van der Waals surface area (Å²) in [6.45, 7) is 1.27. The van der Waals surface area contributed by atoms with Crippen molar-refractivity contribution in [1.82, 2.24) is 10.3 Å². The minimum atomic E-state index is -3.38. The van der Waals surface area contributed by atoms with Crippen LogP contribution in [-0.4, -0.2) is 26.8 Å². The number of fused-ring (bicyclic) bond motifs is 2. The highest BCUT2D eigenvalue weighted by Crippen LogP contribution is 2.51. The molecule has 24 heavy (non-hydrogen) atoms. The van der Waals surface area contributed by atoms with Gasteiger partial charge in [-0.1, -0.05) is 24.2 Å². The van der Waals surface area contributed by atoms with E-state index in [0.717, 1.165) is 24.6 Å². The molecule has 1 aliphatic heterocycles. The monoisotopic (exact) mass is 351 g/mol. The molecular formula is C17H19F2N3OS. The van der Waals surface area contributed by atoms with E-state index in [1.54, 1.807) is 6.07 Å². The standard InChI is InChI=1S/C17H19F2N3OS/c1-16(17(18,19)13-4-2-3-7-20-13)14(23)22-15(24-16)21-12-9-10-5-6-11(12)8-10/h2-4,7,10-12H,5-6,8-9H2,1H3,(H,21,22,23)/t10-,11+,12+,16?/m1/s1. The Morgan fingerprint density at radius 2 is 2.21 bits per heavy atom. The third-order valence-corrected chi connectivity index (χ3v) is 6.77. The van der Waals surface area contributed by atoms with E-state index < -0.39 is 22.3 Å². The van der Waals surface area contributed by atoms with Crippen molar-refractivity contribution in [1.29, 1.82) is 0 Å². The largest absolute Gasteiger partial charge is 0.313 e. The van der Waals surface area contributed by atoms with E-state index in [1.165, 1.54) is 38.1 Å². The normalized spacial score (nSPS) is 37.2. The number of halogens is 2. The molecule has 4 rings (SSSR count). The number of amidine groups is 1. The van der Waals surface area contributed by atoms with E-state index in [9.17, 15) is 13.6 Å². The maximum Gasteiger partial charge on any atom is 0.313 e. The average molecular weight is 351 g/mol. The fourth-order valence-corrected chi connectivity index (χ4v) is 5.15. The van der Waals surface area contributed by atoms with Gasteiger partial charge in [-0.15, -0.1) is 0 Å². The Morgan fingerprint density at radius 3 is 2.83 bits per heavy atom. The van der Waals surface area contributed by atoms with Gasteiger partial charge in [0.25, 0.3) is 0 Å². The first-order chi connectivity index (χ1) is 11.4. The van der Waals surface area contributed by atoms with Gasteiger partial charge in [0.15, 0.2) is 9.91 Å². The van der Waals surface area contributed by atoms with E-state index in [-0.39, 0.29) is 6.04 Å². The van der Waals surface area contributed by atoms with Gasteiger partial charge in [0.05, 0.1) is 6.04 Å². The predicted octanol–water partition coefficient (Wildman–Crippen LogP) is 3.34. The Labute approximate surface area is 143 Å². The zero-order chi connectivity index (χ0) is 16.9. The lowest BCUT2D eigenvalue weighted by molar-refractivity contribution is -0.133. The molecule has 1 unspecified atom stereocenters. The summed E-state index contributed by atoms with van der Waals surface area (Å²) in [5.41, 5.74) is -0.392. The highest BCUT2D eigenvalue weighted by Gasteiger charge is 2.62. The topological polar surface area (TPSA) is 54.4 Å². The molecule has 0 aromatic carbocycles. The smallest absolute Gasteiger partial charge is 0.304 e. The van der Waals surface area contributed by atoms with Crippen molar-refractivity contribution in [3.05, 3.63) is 30.1 Å². The van der Waals surface area contributed by atoms with Crippen LogP contribution in [0.15, 0.2) is 29.4 Å². The highest BCUT2D eigenvalue weighted by atomic mass is 32.2. The molecule has 1 aromatic rings. The van der Waals surface area contributed by atoms with Gasteiger partial charge < -0.3 is 5.32 Å². The third-order valence-electron chi connectivity index (χ3n) is 5.52. The zero-order valence-electron chi connectivity index (χ0n) is 13.3. The Balaban J connectivity index is 1.59. The highest BCUT2D eigenvalue weighted by molar-refractivity contribution is 8.16. The first kappa shape index (κ1) is 16.0. The number of nitrogens with zero attached hydrogens (tertiary/aromatic N) is 2. The van der Waals surface area contributed by atoms with Crippen LogP contribution in [0.5, 0.6) is 0 Å². The Hall–Kier alpha value is -1.50. The molecule has 1 N–H and O–H groups in total. The number of carbonyl (C=O) groups excluding carboxylic acids is 1. The molecule has 1 amide bonds. The summed E-state index contributed by atoms with van der Waals surface area (Å²) in [5.74, 6) is -2.82. The summed E-state index contributed by atoms with van der Waals surface area (Å²) in [6.07, 6.45) is 5.92. The van der Waals surface area contributed by atoms with E-state index in [2.05, 4.69) is 15.3 Å². The van der Waals surface area contributed by atoms with Crippen LogP contribution in [0.25, 0.3) is 0 Å². The molecular weight excluding hydrogens is 332 g/mol. The van der Waals surface area contributed by atoms with Gasteiger partial charge in [-0.3, -0.25) is 14.8 Å². The van der Waals surface area contributed by atoms with Crippen molar-refractivity contribution >= 4 is 22.8 Å². The molecule has 2 aliphatic carbocycles. The van der Waals surface area contributed by atoms with Gasteiger partial charge in [-0.2, -0.15) is 8.78 Å². The van der Waals surface area contributed by atoms with Gasteiger partial charge in [-0.05, 0) is 50.2 Å². The van der Waals surface area contributed by atoms with Crippen LogP contribution in [0.3, 0.4) is 0 Å². The molecule has 4 atom stereocenters. The summed E-state index contributed by atoms with van der Waals surface area (Å²) < 4.78 is 27.9. The van der Waals surface area contributed by atoms with Crippen molar-refractivity contribution < 1.29 is 13.6 Å². The van der Waals surface area contributed by atoms with Gasteiger partial charge in [-0.25, -0.2) is 0 Å². The summed E-state index contributed by atoms with van der Waals surface area (Å²) in [4.78, 5) is 20.7. The van der Waals surface area contributed by atoms with Crippen LogP contribution in [0.4, 0.5) is 8.78 Å². The minimum absolute atomic E-state index is 0.164. The van der Waals surface area contributed by atoms with E-state index in [1.807, 2.05) is 0 Å². The molecule has 2 bridgehead atoms. The molecule has 3 fully saturated rings. The van der Waals surface area contributed by atoms with Gasteiger partial charge in [0.2, 0.25) is 5.91 Å². The number of aromatic nitrogens is 1. The second-order valence-electron chi connectivity index (χ2n) is 7.06. The second-order valence-corrected chi connectivity index (χ2v) is 8.46. The van der Waals surface area contributed by atoms with Crippen molar-refractivity contribution in [2.24, 2.45) is 16.8 Å². The van der Waals surface area contributed by atoms with Crippen LogP contribution in [0, 0.1) is 11.8 Å². The van der Waals surface area contributed by atoms with Crippen LogP contribution in [0.1, 0.15) is 38.3 Å². The predicted molar refractivity (Wildman–Crippen MR) is 88.9 cm³/mol. The fraction of sp³-hybridized carbons (Fsp3) is 0.588. The average Bonchev–Trinajstić information content (AvgIpc) is 3.24. The van der Waals surface area contributed by atoms with Crippen molar-refractivity contribution in [3.63, 3.8) is 0 Å². The first-order valence-electron chi connectivity index (χ1n) is 8.28. The molecule has 2 saturated carbocycles. The van der Waals surface area contributed by atoms with E-state index >= 15 is 0 Å². The van der Waals surface area contributed by atoms with Crippen LogP contribution in [-0.2, 0) is 10.7 Å². The zero-order valence-corrected chi connectivity index (χ0v) is 14.2. The van der Waals surface area contributed by atoms with Crippen molar-refractivity contribution in [2.45, 2.75) is 49.3 Å². The number of amides is 1. The molecule has 0 radical (unpaired) electrons. The lowest BCUT2D eigenvalue weighted by Crippen LogP contribution is -2.47. The summed E-state index contributed by atoms with van der Waals surface area (Å²) >= 11 is 0.836. The molecule has 128 valence electrons. The lowest BCUT2D eigenvalue weighted by Gasteiger charge is -2.29. The molecule has 3 aliphatic rings. The van der Waals surface area contributed by atoms with Gasteiger partial charge in [0.1, 0.15) is 5.69 Å². The van der Waals surface area contributed by atoms with Crippen LogP contribution in [0.2, 0.25) is 0 Å². The number of aliphatic imine (C=N–C) groups is 1. The molecule has 0 spiro atoms. The Bertz CT molecular complexity index is 696. The molecule has 2 heterocycles. The maximum atomic E-state index is 14.9. The number of hydrogen-bond acceptors (Lipinski definition) is 4. The number of carbonyl (C=O) groups is 1. The van der Waals surface area contributed by atoms with Crippen molar-refractivity contribution in [2.75, 3.05) is 0 Å². The van der Waals surface area contributed by atoms with E-state index in [4.69, 9.17) is 0 Å². The number of nitrogens with one attached hydrogen (secondary N) is 1. The van der Waals surface area contributed by atoms with Crippen LogP contribution < -0.4 is 5.32 Å². The van der Waals surface area contributed by atoms with E-state index in [0.29, 0.717) is 17.0 Å². The summed E-state index contributed by atoms with van der Waals surface area (Å²) in [5, 5.41) is 2.90. The molecule has 1 aromatic heterocycles. The SMILES string of the molecule is CC1(C(F)(F)c2ccccn2)SC(=N[C@H]2C[C@@H]3CC[C@H]2C3)NC1=O. The fourth-order valence-electron chi connectivity index (χ4n) is 4.06. The van der Waals surface area contributed by atoms with Gasteiger partial charge >= 0.3 is 5.92 Å². The number of hydrogen-bond donors (Lipinski definition) is 1. The molecule has 7 heteroatoms. The lowest BCUT2D eigenvalue weighted by atomic mass is 9.96. The number of alkyl halides is 2. The quantitative estimate of drug-likeness (QED) is 0.909. The van der Waals surface area contributed by atoms with Gasteiger partial charge in [0, 0.05) is 6.20 Å². The Morgan fingerprint density at radius 1 is 1.38 bits per heavy atom. The number of pyridine rings is 1. The Kier molecular flexibility index (Phi) is 3.67. The summed E-state index contributed by atoms with van der Waals surface area (Å²) in [6, 6.07) is 4.49. The minimum Gasteiger partial charge on any atom is -0.304 e. The summed E-state index contributed by atoms with van der Waals surface area (Å²) in [7, 11) is 0. The number of thioether (sulfide) groups is 1. The number of rotatable bonds is 3. The second kappa shape index (κ2) is 5.51. The van der Waals surface area contributed by atoms with Crippen molar-refractivity contribution in [3.8, 4) is 0 Å². The molecule has 1 saturated heterocycles.